The van der Waals surface area contributed by atoms with Gasteiger partial charge in [-0.2, -0.15) is 5.26 Å². The van der Waals surface area contributed by atoms with Crippen LogP contribution in [0.4, 0.5) is 0 Å². The van der Waals surface area contributed by atoms with Crippen LogP contribution in [0.3, 0.4) is 0 Å². The third-order valence-corrected chi connectivity index (χ3v) is 3.77. The van der Waals surface area contributed by atoms with E-state index in [4.69, 9.17) is 51.7 Å². The molecule has 0 saturated heterocycles. The largest absolute Gasteiger partial charge is 0.192 e. The molecule has 2 rings (SSSR count). The number of nitrogens with zero attached hydrogens (tertiary/aromatic N) is 1. The average Bonchev–Trinajstić information content (AvgIpc) is 2.35. The number of benzene rings is 2. The van der Waals surface area contributed by atoms with Crippen molar-refractivity contribution in [3.05, 3.63) is 56.0 Å². The van der Waals surface area contributed by atoms with Gasteiger partial charge in [-0.15, -0.1) is 0 Å². The molecule has 0 unspecified atom stereocenters. The van der Waals surface area contributed by atoms with Crippen molar-refractivity contribution in [2.75, 3.05) is 0 Å². The van der Waals surface area contributed by atoms with Gasteiger partial charge in [0.15, 0.2) is 0 Å². The van der Waals surface area contributed by atoms with E-state index in [0.29, 0.717) is 36.8 Å². The minimum atomic E-state index is 0.308. The van der Waals surface area contributed by atoms with Crippen LogP contribution >= 0.6 is 46.4 Å². The minimum absolute atomic E-state index is 0.308. The van der Waals surface area contributed by atoms with Crippen molar-refractivity contribution in [3.8, 4) is 17.2 Å². The Labute approximate surface area is 124 Å². The lowest BCUT2D eigenvalue weighted by atomic mass is 10.0. The summed E-state index contributed by atoms with van der Waals surface area (Å²) >= 11 is 24.2. The summed E-state index contributed by atoms with van der Waals surface area (Å²) in [5.41, 5.74) is 1.53. The van der Waals surface area contributed by atoms with E-state index in [1.807, 2.05) is 0 Å². The first-order valence-electron chi connectivity index (χ1n) is 4.88. The van der Waals surface area contributed by atoms with Crippen molar-refractivity contribution < 1.29 is 0 Å². The summed E-state index contributed by atoms with van der Waals surface area (Å²) in [5, 5.41) is 10.7. The summed E-state index contributed by atoms with van der Waals surface area (Å²) in [4.78, 5) is 0. The van der Waals surface area contributed by atoms with Crippen LogP contribution in [0, 0.1) is 11.3 Å². The average molecular weight is 317 g/mol. The Hall–Kier alpha value is -0.910. The van der Waals surface area contributed by atoms with Crippen LogP contribution in [0.25, 0.3) is 11.1 Å². The van der Waals surface area contributed by atoms with E-state index in [1.165, 1.54) is 0 Å². The van der Waals surface area contributed by atoms with Crippen LogP contribution in [0.5, 0.6) is 0 Å². The second-order valence-corrected chi connectivity index (χ2v) is 5.15. The second kappa shape index (κ2) is 5.38. The topological polar surface area (TPSA) is 23.8 Å². The van der Waals surface area contributed by atoms with Gasteiger partial charge in [-0.25, -0.2) is 0 Å². The van der Waals surface area contributed by atoms with Crippen LogP contribution in [0.2, 0.25) is 20.1 Å². The summed E-state index contributed by atoms with van der Waals surface area (Å²) < 4.78 is 0. The Morgan fingerprint density at radius 1 is 0.889 bits per heavy atom. The van der Waals surface area contributed by atoms with Crippen LogP contribution in [0.15, 0.2) is 30.3 Å². The van der Waals surface area contributed by atoms with Gasteiger partial charge in [0.25, 0.3) is 0 Å². The molecule has 0 amide bonds. The molecule has 0 saturated carbocycles. The summed E-state index contributed by atoms with van der Waals surface area (Å²) in [7, 11) is 0. The van der Waals surface area contributed by atoms with Crippen molar-refractivity contribution in [3.63, 3.8) is 0 Å². The number of halogens is 4. The fourth-order valence-electron chi connectivity index (χ4n) is 1.59. The Kier molecular flexibility index (Phi) is 4.04. The number of hydrogen-bond acceptors (Lipinski definition) is 1. The van der Waals surface area contributed by atoms with E-state index in [-0.39, 0.29) is 0 Å². The molecule has 0 N–H and O–H groups in total. The molecule has 90 valence electrons. The molecule has 0 aliphatic carbocycles. The Bertz CT molecular complexity index is 659. The van der Waals surface area contributed by atoms with Gasteiger partial charge in [0.1, 0.15) is 0 Å². The number of rotatable bonds is 1. The van der Waals surface area contributed by atoms with Gasteiger partial charge in [0.05, 0.1) is 26.7 Å². The fraction of sp³-hybridized carbons (Fsp3) is 0. The molecule has 5 heteroatoms. The quantitative estimate of drug-likeness (QED) is 0.606. The third-order valence-electron chi connectivity index (χ3n) is 2.42. The van der Waals surface area contributed by atoms with E-state index in [0.717, 1.165) is 0 Å². The van der Waals surface area contributed by atoms with Crippen LogP contribution in [-0.4, -0.2) is 0 Å². The van der Waals surface area contributed by atoms with Crippen LogP contribution in [0.1, 0.15) is 5.56 Å². The highest BCUT2D eigenvalue weighted by molar-refractivity contribution is 6.46. The van der Waals surface area contributed by atoms with Gasteiger partial charge in [0, 0.05) is 16.1 Å². The van der Waals surface area contributed by atoms with E-state index in [2.05, 4.69) is 6.07 Å². The third kappa shape index (κ3) is 2.43. The lowest BCUT2D eigenvalue weighted by Crippen LogP contribution is -1.88. The lowest BCUT2D eigenvalue weighted by molar-refractivity contribution is 1.48. The normalized spacial score (nSPS) is 10.2. The second-order valence-electron chi connectivity index (χ2n) is 3.52. The lowest BCUT2D eigenvalue weighted by Gasteiger charge is -2.10. The zero-order valence-electron chi connectivity index (χ0n) is 8.85. The van der Waals surface area contributed by atoms with Crippen molar-refractivity contribution in [2.45, 2.75) is 0 Å². The fourth-order valence-corrected chi connectivity index (χ4v) is 2.50. The molecular formula is C13H5Cl4N. The maximum atomic E-state index is 9.11. The van der Waals surface area contributed by atoms with Gasteiger partial charge >= 0.3 is 0 Å². The molecule has 0 radical (unpaired) electrons. The summed E-state index contributed by atoms with van der Waals surface area (Å²) in [5.74, 6) is 0. The zero-order chi connectivity index (χ0) is 13.3. The van der Waals surface area contributed by atoms with Crippen LogP contribution in [-0.2, 0) is 0 Å². The predicted molar refractivity (Wildman–Crippen MR) is 76.6 cm³/mol. The molecule has 0 spiro atoms. The van der Waals surface area contributed by atoms with E-state index < -0.39 is 0 Å². The standard InChI is InChI=1S/C13H5Cl4N/c14-8-2-1-7(6-18)9(5-8)12-10(15)3-4-11(16)13(12)17/h1-5H. The Morgan fingerprint density at radius 3 is 2.22 bits per heavy atom. The highest BCUT2D eigenvalue weighted by atomic mass is 35.5. The first-order chi connectivity index (χ1) is 8.54. The molecule has 0 aliphatic rings. The molecule has 0 aliphatic heterocycles. The smallest absolute Gasteiger partial charge is 0.0998 e. The van der Waals surface area contributed by atoms with Crippen molar-refractivity contribution in [1.29, 1.82) is 5.26 Å². The Balaban J connectivity index is 2.81. The Morgan fingerprint density at radius 2 is 1.56 bits per heavy atom. The monoisotopic (exact) mass is 315 g/mol. The van der Waals surface area contributed by atoms with E-state index >= 15 is 0 Å². The minimum Gasteiger partial charge on any atom is -0.192 e. The van der Waals surface area contributed by atoms with Crippen molar-refractivity contribution in [1.82, 2.24) is 0 Å². The summed E-state index contributed by atoms with van der Waals surface area (Å²) in [6.45, 7) is 0. The highest BCUT2D eigenvalue weighted by Gasteiger charge is 2.15. The molecular weight excluding hydrogens is 312 g/mol. The highest BCUT2D eigenvalue weighted by Crippen LogP contribution is 2.41. The van der Waals surface area contributed by atoms with Crippen molar-refractivity contribution >= 4 is 46.4 Å². The zero-order valence-corrected chi connectivity index (χ0v) is 11.9. The first kappa shape index (κ1) is 13.5. The molecule has 0 heterocycles. The molecule has 0 atom stereocenters. The van der Waals surface area contributed by atoms with Gasteiger partial charge in [-0.05, 0) is 30.3 Å². The van der Waals surface area contributed by atoms with Gasteiger partial charge in [-0.3, -0.25) is 0 Å². The molecule has 0 fully saturated rings. The predicted octanol–water partition coefficient (Wildman–Crippen LogP) is 5.84. The van der Waals surface area contributed by atoms with Crippen LogP contribution < -0.4 is 0 Å². The maximum absolute atomic E-state index is 9.11. The molecule has 2 aromatic carbocycles. The first-order valence-corrected chi connectivity index (χ1v) is 6.39. The van der Waals surface area contributed by atoms with Gasteiger partial charge in [-0.1, -0.05) is 46.4 Å². The van der Waals surface area contributed by atoms with Crippen molar-refractivity contribution in [2.24, 2.45) is 0 Å². The molecule has 0 aromatic heterocycles. The molecule has 1 nitrogen and oxygen atoms in total. The molecule has 2 aromatic rings. The van der Waals surface area contributed by atoms with Gasteiger partial charge < -0.3 is 0 Å². The van der Waals surface area contributed by atoms with E-state index in [1.54, 1.807) is 30.3 Å². The molecule has 0 bridgehead atoms. The van der Waals surface area contributed by atoms with E-state index in [9.17, 15) is 0 Å². The number of hydrogen-bond donors (Lipinski definition) is 0. The molecule has 18 heavy (non-hydrogen) atoms. The SMILES string of the molecule is N#Cc1ccc(Cl)cc1-c1c(Cl)ccc(Cl)c1Cl. The maximum Gasteiger partial charge on any atom is 0.0998 e. The summed E-state index contributed by atoms with van der Waals surface area (Å²) in [6.07, 6.45) is 0. The van der Waals surface area contributed by atoms with Gasteiger partial charge in [0.2, 0.25) is 0 Å². The number of nitriles is 1. The summed E-state index contributed by atoms with van der Waals surface area (Å²) in [6, 6.07) is 10.2.